The van der Waals surface area contributed by atoms with Gasteiger partial charge in [-0.3, -0.25) is 5.41 Å². The summed E-state index contributed by atoms with van der Waals surface area (Å²) in [6, 6.07) is 3.15. The number of hydrogen-bond acceptors (Lipinski definition) is 3. The van der Waals surface area contributed by atoms with Crippen molar-refractivity contribution < 1.29 is 18.3 Å². The molecular weight excluding hydrogens is 271 g/mol. The number of halogens is 3. The molecule has 1 aromatic rings. The highest BCUT2D eigenvalue weighted by molar-refractivity contribution is 6.00. The highest BCUT2D eigenvalue weighted by Gasteiger charge is 2.35. The van der Waals surface area contributed by atoms with Crippen molar-refractivity contribution in [1.29, 1.82) is 5.41 Å². The molecular formula is C13H16F3N3O. The Morgan fingerprint density at radius 1 is 1.45 bits per heavy atom. The lowest BCUT2D eigenvalue weighted by atomic mass is 10.1. The molecule has 0 radical (unpaired) electrons. The van der Waals surface area contributed by atoms with Crippen molar-refractivity contribution in [2.24, 2.45) is 5.73 Å². The first-order valence-corrected chi connectivity index (χ1v) is 6.13. The molecule has 4 N–H and O–H groups in total. The van der Waals surface area contributed by atoms with Crippen LogP contribution in [0.4, 0.5) is 18.9 Å². The van der Waals surface area contributed by atoms with E-state index in [9.17, 15) is 18.3 Å². The predicted octanol–water partition coefficient (Wildman–Crippen LogP) is 1.95. The number of nitrogens with two attached hydrogens (primary N) is 1. The van der Waals surface area contributed by atoms with Gasteiger partial charge in [0.15, 0.2) is 0 Å². The van der Waals surface area contributed by atoms with Gasteiger partial charge in [-0.25, -0.2) is 0 Å². The van der Waals surface area contributed by atoms with E-state index >= 15 is 0 Å². The van der Waals surface area contributed by atoms with Gasteiger partial charge in [-0.1, -0.05) is 0 Å². The molecule has 1 aromatic carbocycles. The molecule has 0 aromatic heterocycles. The van der Waals surface area contributed by atoms with Crippen molar-refractivity contribution in [1.82, 2.24) is 0 Å². The van der Waals surface area contributed by atoms with E-state index in [2.05, 4.69) is 0 Å². The molecule has 4 nitrogen and oxygen atoms in total. The van der Waals surface area contributed by atoms with Crippen LogP contribution in [0.15, 0.2) is 18.2 Å². The molecule has 1 heterocycles. The number of nitrogens with one attached hydrogen (secondary N) is 1. The van der Waals surface area contributed by atoms with E-state index in [1.807, 2.05) is 0 Å². The summed E-state index contributed by atoms with van der Waals surface area (Å²) in [5.41, 5.74) is 4.16. The second-order valence-electron chi connectivity index (χ2n) is 5.31. The Kier molecular flexibility index (Phi) is 3.41. The number of hydrogen-bond donors (Lipinski definition) is 3. The number of aliphatic hydroxyl groups is 1. The van der Waals surface area contributed by atoms with E-state index in [1.54, 1.807) is 11.8 Å². The summed E-state index contributed by atoms with van der Waals surface area (Å²) in [6.45, 7) is 2.49. The van der Waals surface area contributed by atoms with Crippen LogP contribution in [0.3, 0.4) is 0 Å². The van der Waals surface area contributed by atoms with Crippen LogP contribution in [0.2, 0.25) is 0 Å². The van der Waals surface area contributed by atoms with Crippen molar-refractivity contribution in [3.05, 3.63) is 29.3 Å². The zero-order valence-electron chi connectivity index (χ0n) is 11.0. The van der Waals surface area contributed by atoms with Gasteiger partial charge in [0.05, 0.1) is 11.2 Å². The summed E-state index contributed by atoms with van der Waals surface area (Å²) in [4.78, 5) is 1.75. The van der Waals surface area contributed by atoms with E-state index in [1.165, 1.54) is 6.07 Å². The van der Waals surface area contributed by atoms with Gasteiger partial charge in [-0.2, -0.15) is 13.2 Å². The molecule has 1 aliphatic rings. The Morgan fingerprint density at radius 2 is 2.10 bits per heavy atom. The van der Waals surface area contributed by atoms with E-state index in [0.29, 0.717) is 25.2 Å². The summed E-state index contributed by atoms with van der Waals surface area (Å²) < 4.78 is 38.1. The zero-order valence-corrected chi connectivity index (χ0v) is 11.0. The number of nitrogens with zero attached hydrogens (tertiary/aromatic N) is 1. The summed E-state index contributed by atoms with van der Waals surface area (Å²) in [6.07, 6.45) is -3.95. The normalized spacial score (nSPS) is 23.1. The molecule has 110 valence electrons. The lowest BCUT2D eigenvalue weighted by molar-refractivity contribution is -0.137. The largest absolute Gasteiger partial charge is 0.416 e. The smallest absolute Gasteiger partial charge is 0.388 e. The number of nitrogen functional groups attached to an aromatic ring is 1. The van der Waals surface area contributed by atoms with Crippen molar-refractivity contribution in [2.45, 2.75) is 25.1 Å². The number of β-amino-alcohol motifs (C(OH)–C–C–N with tert-alkyl or cyclic N) is 1. The van der Waals surface area contributed by atoms with Gasteiger partial charge < -0.3 is 15.7 Å². The maximum absolute atomic E-state index is 12.7. The number of anilines is 1. The number of alkyl halides is 3. The standard InChI is InChI=1S/C13H16F3N3O/c1-12(20)4-5-19(7-12)10-3-2-8(13(14,15)16)6-9(10)11(17)18/h2-3,6,20H,4-5,7H2,1H3,(H3,17,18). The molecule has 7 heteroatoms. The Balaban J connectivity index is 2.42. The third kappa shape index (κ3) is 2.87. The molecule has 1 saturated heterocycles. The third-order valence-corrected chi connectivity index (χ3v) is 3.41. The molecule has 1 aliphatic heterocycles. The Hall–Kier alpha value is -1.76. The maximum atomic E-state index is 12.7. The van der Waals surface area contributed by atoms with Gasteiger partial charge in [0.25, 0.3) is 0 Å². The van der Waals surface area contributed by atoms with Crippen LogP contribution < -0.4 is 10.6 Å². The summed E-state index contributed by atoms with van der Waals surface area (Å²) in [5, 5.41) is 17.4. The van der Waals surface area contributed by atoms with Gasteiger partial charge >= 0.3 is 6.18 Å². The fourth-order valence-electron chi connectivity index (χ4n) is 2.35. The summed E-state index contributed by atoms with van der Waals surface area (Å²) >= 11 is 0. The SMILES string of the molecule is CC1(O)CCN(c2ccc(C(F)(F)F)cc2C(=N)N)C1. The molecule has 0 amide bonds. The minimum absolute atomic E-state index is 0.0394. The maximum Gasteiger partial charge on any atom is 0.416 e. The lowest BCUT2D eigenvalue weighted by Crippen LogP contribution is -2.31. The highest BCUT2D eigenvalue weighted by Crippen LogP contribution is 2.34. The van der Waals surface area contributed by atoms with Crippen LogP contribution in [0.5, 0.6) is 0 Å². The fourth-order valence-corrected chi connectivity index (χ4v) is 2.35. The predicted molar refractivity (Wildman–Crippen MR) is 69.9 cm³/mol. The molecule has 0 aliphatic carbocycles. The average Bonchev–Trinajstić information content (AvgIpc) is 2.67. The first-order valence-electron chi connectivity index (χ1n) is 6.13. The Bertz CT molecular complexity index is 540. The van der Waals surface area contributed by atoms with Crippen molar-refractivity contribution in [3.63, 3.8) is 0 Å². The van der Waals surface area contributed by atoms with Crippen LogP contribution in [-0.4, -0.2) is 29.6 Å². The lowest BCUT2D eigenvalue weighted by Gasteiger charge is -2.24. The van der Waals surface area contributed by atoms with Gasteiger partial charge in [-0.05, 0) is 31.5 Å². The molecule has 1 atom stereocenters. The molecule has 2 rings (SSSR count). The van der Waals surface area contributed by atoms with Gasteiger partial charge in [0.2, 0.25) is 0 Å². The Labute approximate surface area is 114 Å². The van der Waals surface area contributed by atoms with Crippen LogP contribution in [0.1, 0.15) is 24.5 Å². The van der Waals surface area contributed by atoms with E-state index in [0.717, 1.165) is 12.1 Å². The van der Waals surface area contributed by atoms with E-state index in [4.69, 9.17) is 11.1 Å². The highest BCUT2D eigenvalue weighted by atomic mass is 19.4. The van der Waals surface area contributed by atoms with Crippen molar-refractivity contribution in [2.75, 3.05) is 18.0 Å². The second-order valence-corrected chi connectivity index (χ2v) is 5.31. The van der Waals surface area contributed by atoms with Gasteiger partial charge in [0.1, 0.15) is 5.84 Å². The molecule has 20 heavy (non-hydrogen) atoms. The van der Waals surface area contributed by atoms with Crippen molar-refractivity contribution >= 4 is 11.5 Å². The summed E-state index contributed by atoms with van der Waals surface area (Å²) in [7, 11) is 0. The quantitative estimate of drug-likeness (QED) is 0.575. The molecule has 0 saturated carbocycles. The van der Waals surface area contributed by atoms with Crippen molar-refractivity contribution in [3.8, 4) is 0 Å². The minimum Gasteiger partial charge on any atom is -0.388 e. The Morgan fingerprint density at radius 3 is 2.55 bits per heavy atom. The third-order valence-electron chi connectivity index (χ3n) is 3.41. The van der Waals surface area contributed by atoms with Crippen LogP contribution >= 0.6 is 0 Å². The zero-order chi connectivity index (χ0) is 15.1. The first kappa shape index (κ1) is 14.6. The van der Waals surface area contributed by atoms with Crippen LogP contribution in [-0.2, 0) is 6.18 Å². The van der Waals surface area contributed by atoms with E-state index in [-0.39, 0.29) is 5.56 Å². The first-order chi connectivity index (χ1) is 9.10. The average molecular weight is 287 g/mol. The molecule has 0 bridgehead atoms. The number of benzene rings is 1. The molecule has 1 fully saturated rings. The molecule has 0 spiro atoms. The van der Waals surface area contributed by atoms with E-state index < -0.39 is 23.2 Å². The van der Waals surface area contributed by atoms with Gasteiger partial charge in [-0.15, -0.1) is 0 Å². The number of amidine groups is 1. The fraction of sp³-hybridized carbons (Fsp3) is 0.462. The van der Waals surface area contributed by atoms with Crippen LogP contribution in [0.25, 0.3) is 0 Å². The monoisotopic (exact) mass is 287 g/mol. The second kappa shape index (κ2) is 4.66. The topological polar surface area (TPSA) is 73.3 Å². The minimum atomic E-state index is -4.47. The van der Waals surface area contributed by atoms with Gasteiger partial charge in [0, 0.05) is 24.3 Å². The van der Waals surface area contributed by atoms with Crippen LogP contribution in [0, 0.1) is 5.41 Å². The number of rotatable bonds is 2. The molecule has 1 unspecified atom stereocenters. The summed E-state index contributed by atoms with van der Waals surface area (Å²) in [5.74, 6) is -0.419.